The average molecular weight is 211 g/mol. The predicted octanol–water partition coefficient (Wildman–Crippen LogP) is 3.20. The van der Waals surface area contributed by atoms with E-state index < -0.39 is 0 Å². The van der Waals surface area contributed by atoms with Gasteiger partial charge in [0.05, 0.1) is 11.3 Å². The molecule has 16 heavy (non-hydrogen) atoms. The molecule has 1 aliphatic rings. The van der Waals surface area contributed by atoms with Crippen molar-refractivity contribution in [1.82, 2.24) is 0 Å². The van der Waals surface area contributed by atoms with Gasteiger partial charge in [-0.2, -0.15) is 4.99 Å². The fraction of sp³-hybridized carbons (Fsp3) is 0.357. The van der Waals surface area contributed by atoms with Crippen LogP contribution in [0.3, 0.4) is 0 Å². The minimum Gasteiger partial charge on any atom is -0.211 e. The van der Waals surface area contributed by atoms with Crippen LogP contribution in [0.1, 0.15) is 31.2 Å². The van der Waals surface area contributed by atoms with Crippen molar-refractivity contribution >= 4 is 11.8 Å². The first-order chi connectivity index (χ1) is 7.90. The molecule has 0 N–H and O–H groups in total. The van der Waals surface area contributed by atoms with E-state index in [0.29, 0.717) is 11.6 Å². The van der Waals surface area contributed by atoms with Gasteiger partial charge in [-0.25, -0.2) is 4.79 Å². The van der Waals surface area contributed by atoms with Crippen molar-refractivity contribution in [2.24, 2.45) is 10.9 Å². The van der Waals surface area contributed by atoms with Gasteiger partial charge in [0.25, 0.3) is 0 Å². The Morgan fingerprint density at radius 1 is 1.19 bits per heavy atom. The molecule has 0 saturated heterocycles. The van der Waals surface area contributed by atoms with Gasteiger partial charge in [0, 0.05) is 5.92 Å². The second-order valence-corrected chi connectivity index (χ2v) is 3.97. The lowest BCUT2D eigenvalue weighted by atomic mass is 10.1. The first-order valence-corrected chi connectivity index (χ1v) is 5.58. The minimum atomic E-state index is 0.522. The summed E-state index contributed by atoms with van der Waals surface area (Å²) in [6.07, 6.45) is 6.53. The van der Waals surface area contributed by atoms with E-state index in [4.69, 9.17) is 0 Å². The second kappa shape index (κ2) is 5.30. The van der Waals surface area contributed by atoms with Crippen LogP contribution in [0.25, 0.3) is 0 Å². The summed E-state index contributed by atoms with van der Waals surface area (Å²) in [4.78, 5) is 13.9. The molecule has 1 aromatic carbocycles. The topological polar surface area (TPSA) is 29.4 Å². The monoisotopic (exact) mass is 211 g/mol. The Morgan fingerprint density at radius 2 is 1.94 bits per heavy atom. The molecule has 0 aromatic heterocycles. The molecule has 0 radical (unpaired) electrons. The van der Waals surface area contributed by atoms with E-state index in [-0.39, 0.29) is 0 Å². The van der Waals surface area contributed by atoms with Crippen LogP contribution in [-0.2, 0) is 4.79 Å². The highest BCUT2D eigenvalue weighted by Gasteiger charge is 2.11. The Bertz CT molecular complexity index is 469. The van der Waals surface area contributed by atoms with Crippen LogP contribution in [0.5, 0.6) is 0 Å². The third-order valence-corrected chi connectivity index (χ3v) is 2.84. The molecule has 0 bridgehead atoms. The van der Waals surface area contributed by atoms with E-state index in [1.165, 1.54) is 25.7 Å². The molecule has 2 nitrogen and oxygen atoms in total. The number of rotatable bonds is 1. The van der Waals surface area contributed by atoms with Gasteiger partial charge in [-0.1, -0.05) is 36.8 Å². The standard InChI is InChI=1S/C14H13NO/c16-11-15-14-8-4-3-7-13(14)10-9-12-5-1-2-6-12/h3-4,7-8,12H,1-2,5-6H2. The summed E-state index contributed by atoms with van der Waals surface area (Å²) in [6, 6.07) is 7.42. The molecule has 2 rings (SSSR count). The van der Waals surface area contributed by atoms with E-state index in [9.17, 15) is 4.79 Å². The number of benzene rings is 1. The maximum atomic E-state index is 10.2. The summed E-state index contributed by atoms with van der Waals surface area (Å²) in [6.45, 7) is 0. The zero-order valence-corrected chi connectivity index (χ0v) is 9.07. The molecule has 0 atom stereocenters. The summed E-state index contributed by atoms with van der Waals surface area (Å²) in [5.41, 5.74) is 1.43. The predicted molar refractivity (Wildman–Crippen MR) is 63.1 cm³/mol. The van der Waals surface area contributed by atoms with Gasteiger partial charge in [-0.15, -0.1) is 0 Å². The number of hydrogen-bond acceptors (Lipinski definition) is 2. The zero-order chi connectivity index (χ0) is 11.2. The van der Waals surface area contributed by atoms with Gasteiger partial charge < -0.3 is 0 Å². The van der Waals surface area contributed by atoms with E-state index in [1.807, 2.05) is 18.2 Å². The molecule has 1 saturated carbocycles. The third kappa shape index (κ3) is 2.59. The molecule has 0 unspecified atom stereocenters. The van der Waals surface area contributed by atoms with Crippen molar-refractivity contribution in [2.45, 2.75) is 25.7 Å². The minimum absolute atomic E-state index is 0.522. The quantitative estimate of drug-likeness (QED) is 0.398. The van der Waals surface area contributed by atoms with Crippen LogP contribution in [-0.4, -0.2) is 6.08 Å². The SMILES string of the molecule is O=C=Nc1ccccc1C#CC1CCCC1. The number of isocyanates is 1. The zero-order valence-electron chi connectivity index (χ0n) is 9.07. The first kappa shape index (κ1) is 10.7. The van der Waals surface area contributed by atoms with Gasteiger partial charge in [-0.3, -0.25) is 0 Å². The second-order valence-electron chi connectivity index (χ2n) is 3.97. The highest BCUT2D eigenvalue weighted by molar-refractivity contribution is 5.59. The Labute approximate surface area is 95.4 Å². The summed E-state index contributed by atoms with van der Waals surface area (Å²) in [7, 11) is 0. The Hall–Kier alpha value is -1.84. The van der Waals surface area contributed by atoms with E-state index in [0.717, 1.165) is 5.56 Å². The molecular weight excluding hydrogens is 198 g/mol. The number of para-hydroxylation sites is 1. The molecule has 0 spiro atoms. The fourth-order valence-electron chi connectivity index (χ4n) is 1.98. The summed E-state index contributed by atoms with van der Waals surface area (Å²) < 4.78 is 0. The lowest BCUT2D eigenvalue weighted by molar-refractivity contribution is 0.565. The van der Waals surface area contributed by atoms with Gasteiger partial charge in [0.15, 0.2) is 0 Å². The summed E-state index contributed by atoms with van der Waals surface area (Å²) >= 11 is 0. The average Bonchev–Trinajstić information content (AvgIpc) is 2.81. The lowest BCUT2D eigenvalue weighted by Crippen LogP contribution is -1.86. The molecule has 1 fully saturated rings. The van der Waals surface area contributed by atoms with Crippen molar-refractivity contribution in [3.8, 4) is 11.8 Å². The molecule has 1 aliphatic carbocycles. The Balaban J connectivity index is 2.22. The van der Waals surface area contributed by atoms with Gasteiger partial charge in [0.1, 0.15) is 0 Å². The molecule has 0 amide bonds. The molecule has 0 heterocycles. The van der Waals surface area contributed by atoms with Crippen molar-refractivity contribution in [2.75, 3.05) is 0 Å². The van der Waals surface area contributed by atoms with Crippen molar-refractivity contribution in [3.05, 3.63) is 29.8 Å². The Kier molecular flexibility index (Phi) is 3.53. The molecule has 2 heteroatoms. The lowest BCUT2D eigenvalue weighted by Gasteiger charge is -1.97. The van der Waals surface area contributed by atoms with Gasteiger partial charge in [0.2, 0.25) is 6.08 Å². The number of nitrogens with zero attached hydrogens (tertiary/aromatic N) is 1. The normalized spacial score (nSPS) is 15.0. The molecule has 0 aliphatic heterocycles. The van der Waals surface area contributed by atoms with Crippen molar-refractivity contribution in [3.63, 3.8) is 0 Å². The third-order valence-electron chi connectivity index (χ3n) is 2.84. The first-order valence-electron chi connectivity index (χ1n) is 5.58. The van der Waals surface area contributed by atoms with Gasteiger partial charge in [-0.05, 0) is 25.0 Å². The fourth-order valence-corrected chi connectivity index (χ4v) is 1.98. The van der Waals surface area contributed by atoms with Gasteiger partial charge >= 0.3 is 0 Å². The van der Waals surface area contributed by atoms with Crippen molar-refractivity contribution < 1.29 is 4.79 Å². The van der Waals surface area contributed by atoms with E-state index >= 15 is 0 Å². The van der Waals surface area contributed by atoms with Crippen LogP contribution >= 0.6 is 0 Å². The van der Waals surface area contributed by atoms with E-state index in [2.05, 4.69) is 16.8 Å². The largest absolute Gasteiger partial charge is 0.240 e. The molecule has 80 valence electrons. The highest BCUT2D eigenvalue weighted by atomic mass is 16.1. The smallest absolute Gasteiger partial charge is 0.211 e. The maximum Gasteiger partial charge on any atom is 0.240 e. The summed E-state index contributed by atoms with van der Waals surface area (Å²) in [5.74, 6) is 6.90. The number of carbonyl (C=O) groups excluding carboxylic acids is 1. The van der Waals surface area contributed by atoms with E-state index in [1.54, 1.807) is 12.1 Å². The number of hydrogen-bond donors (Lipinski definition) is 0. The Morgan fingerprint density at radius 3 is 2.69 bits per heavy atom. The van der Waals surface area contributed by atoms with Crippen LogP contribution < -0.4 is 0 Å². The molecule has 1 aromatic rings. The summed E-state index contributed by atoms with van der Waals surface area (Å²) in [5, 5.41) is 0. The van der Waals surface area contributed by atoms with Crippen LogP contribution in [0.2, 0.25) is 0 Å². The van der Waals surface area contributed by atoms with Crippen LogP contribution in [0, 0.1) is 17.8 Å². The van der Waals surface area contributed by atoms with Crippen LogP contribution in [0.15, 0.2) is 29.3 Å². The molecular formula is C14H13NO. The van der Waals surface area contributed by atoms with Crippen molar-refractivity contribution in [1.29, 1.82) is 0 Å². The maximum absolute atomic E-state index is 10.2. The van der Waals surface area contributed by atoms with Crippen LogP contribution in [0.4, 0.5) is 5.69 Å². The highest BCUT2D eigenvalue weighted by Crippen LogP contribution is 2.24. The number of aliphatic imine (C=N–C) groups is 1.